The van der Waals surface area contributed by atoms with Crippen LogP contribution in [0.25, 0.3) is 16.7 Å². The topological polar surface area (TPSA) is 38.0 Å². The molecular formula is C17H18N2O2S. The molecule has 1 aromatic heterocycles. The van der Waals surface area contributed by atoms with Crippen molar-refractivity contribution in [2.45, 2.75) is 19.8 Å². The quantitative estimate of drug-likeness (QED) is 0.842. The van der Waals surface area contributed by atoms with E-state index in [0.29, 0.717) is 0 Å². The molecule has 1 aromatic carbocycles. The van der Waals surface area contributed by atoms with E-state index in [-0.39, 0.29) is 0 Å². The molecule has 0 fully saturated rings. The standard InChI is InChI=1S/C17H18N2O2S/c1-3-4-15-16(19-7-6-18-17(19)22-15)13-9-11(20-2)10-14-12(13)5-8-21-14/h5,8-10H,3-4,6-7H2,1-2H3. The summed E-state index contributed by atoms with van der Waals surface area (Å²) in [5.41, 5.74) is 3.34. The van der Waals surface area contributed by atoms with Crippen molar-refractivity contribution in [3.8, 4) is 5.75 Å². The molecule has 3 heterocycles. The van der Waals surface area contributed by atoms with Crippen molar-refractivity contribution in [1.82, 2.24) is 4.90 Å². The second-order valence-corrected chi connectivity index (χ2v) is 6.51. The lowest BCUT2D eigenvalue weighted by Gasteiger charge is -2.18. The van der Waals surface area contributed by atoms with Gasteiger partial charge in [0, 0.05) is 28.5 Å². The van der Waals surface area contributed by atoms with Gasteiger partial charge in [-0.05, 0) is 18.6 Å². The Morgan fingerprint density at radius 2 is 2.32 bits per heavy atom. The van der Waals surface area contributed by atoms with Crippen molar-refractivity contribution in [1.29, 1.82) is 0 Å². The van der Waals surface area contributed by atoms with Gasteiger partial charge in [-0.15, -0.1) is 0 Å². The number of ether oxygens (including phenoxy) is 1. The first kappa shape index (κ1) is 13.8. The molecule has 22 heavy (non-hydrogen) atoms. The van der Waals surface area contributed by atoms with Crippen molar-refractivity contribution in [3.63, 3.8) is 0 Å². The first-order valence-corrected chi connectivity index (χ1v) is 8.42. The first-order valence-electron chi connectivity index (χ1n) is 7.60. The van der Waals surface area contributed by atoms with Crippen molar-refractivity contribution < 1.29 is 9.15 Å². The molecule has 0 amide bonds. The van der Waals surface area contributed by atoms with Gasteiger partial charge in [0.05, 0.1) is 25.6 Å². The molecule has 0 atom stereocenters. The molecular weight excluding hydrogens is 296 g/mol. The highest BCUT2D eigenvalue weighted by Gasteiger charge is 2.33. The lowest BCUT2D eigenvalue weighted by Crippen LogP contribution is -2.20. The minimum Gasteiger partial charge on any atom is -0.497 e. The van der Waals surface area contributed by atoms with Crippen LogP contribution in [0, 0.1) is 0 Å². The molecule has 0 unspecified atom stereocenters. The maximum absolute atomic E-state index is 5.61. The van der Waals surface area contributed by atoms with Crippen LogP contribution in [0.2, 0.25) is 0 Å². The molecule has 114 valence electrons. The van der Waals surface area contributed by atoms with E-state index >= 15 is 0 Å². The fourth-order valence-electron chi connectivity index (χ4n) is 3.08. The largest absolute Gasteiger partial charge is 0.497 e. The summed E-state index contributed by atoms with van der Waals surface area (Å²) in [6.07, 6.45) is 3.95. The third-order valence-electron chi connectivity index (χ3n) is 4.06. The Labute approximate surface area is 133 Å². The van der Waals surface area contributed by atoms with Crippen LogP contribution in [-0.2, 0) is 0 Å². The number of thioether (sulfide) groups is 1. The summed E-state index contributed by atoms with van der Waals surface area (Å²) in [5.74, 6) is 0.829. The van der Waals surface area contributed by atoms with E-state index in [1.165, 1.54) is 16.2 Å². The van der Waals surface area contributed by atoms with Gasteiger partial charge in [-0.25, -0.2) is 0 Å². The molecule has 5 heteroatoms. The number of amidine groups is 1. The maximum Gasteiger partial charge on any atom is 0.168 e. The molecule has 4 rings (SSSR count). The lowest BCUT2D eigenvalue weighted by atomic mass is 10.0. The van der Waals surface area contributed by atoms with E-state index < -0.39 is 0 Å². The number of hydrogen-bond donors (Lipinski definition) is 0. The lowest BCUT2D eigenvalue weighted by molar-refractivity contribution is 0.414. The van der Waals surface area contributed by atoms with Crippen LogP contribution in [-0.4, -0.2) is 30.3 Å². The van der Waals surface area contributed by atoms with E-state index in [2.05, 4.69) is 22.9 Å². The number of allylic oxidation sites excluding steroid dienone is 1. The third-order valence-corrected chi connectivity index (χ3v) is 5.24. The summed E-state index contributed by atoms with van der Waals surface area (Å²) in [4.78, 5) is 8.37. The van der Waals surface area contributed by atoms with E-state index in [0.717, 1.165) is 47.8 Å². The summed E-state index contributed by atoms with van der Waals surface area (Å²) in [6, 6.07) is 6.10. The molecule has 4 nitrogen and oxygen atoms in total. The molecule has 0 aliphatic carbocycles. The Hall–Kier alpha value is -1.88. The maximum atomic E-state index is 5.61. The normalized spacial score (nSPS) is 17.4. The van der Waals surface area contributed by atoms with Gasteiger partial charge in [-0.3, -0.25) is 4.99 Å². The van der Waals surface area contributed by atoms with Crippen LogP contribution in [0.1, 0.15) is 25.3 Å². The van der Waals surface area contributed by atoms with Gasteiger partial charge in [0.15, 0.2) is 5.17 Å². The van der Waals surface area contributed by atoms with Gasteiger partial charge in [0.1, 0.15) is 11.3 Å². The number of fused-ring (bicyclic) bond motifs is 2. The van der Waals surface area contributed by atoms with Crippen molar-refractivity contribution in [2.24, 2.45) is 4.99 Å². The highest BCUT2D eigenvalue weighted by atomic mass is 32.2. The predicted molar refractivity (Wildman–Crippen MR) is 91.2 cm³/mol. The number of methoxy groups -OCH3 is 1. The predicted octanol–water partition coefficient (Wildman–Crippen LogP) is 4.33. The van der Waals surface area contributed by atoms with Gasteiger partial charge in [0.25, 0.3) is 0 Å². The minimum atomic E-state index is 0.829. The van der Waals surface area contributed by atoms with Gasteiger partial charge in [0.2, 0.25) is 0 Å². The zero-order chi connectivity index (χ0) is 15.1. The zero-order valence-electron chi connectivity index (χ0n) is 12.8. The number of furan rings is 1. The highest BCUT2D eigenvalue weighted by Crippen LogP contribution is 2.46. The second kappa shape index (κ2) is 5.39. The van der Waals surface area contributed by atoms with E-state index in [1.807, 2.05) is 23.9 Å². The SMILES string of the molecule is CCCC1=C(c2cc(OC)cc3occc23)N2CCN=C2S1. The van der Waals surface area contributed by atoms with E-state index in [4.69, 9.17) is 9.15 Å². The van der Waals surface area contributed by atoms with E-state index in [9.17, 15) is 0 Å². The zero-order valence-corrected chi connectivity index (χ0v) is 13.6. The van der Waals surface area contributed by atoms with Crippen molar-refractivity contribution >= 4 is 33.6 Å². The number of nitrogens with zero attached hydrogens (tertiary/aromatic N) is 2. The molecule has 0 saturated heterocycles. The molecule has 0 spiro atoms. The second-order valence-electron chi connectivity index (χ2n) is 5.45. The molecule has 2 aliphatic rings. The van der Waals surface area contributed by atoms with Gasteiger partial charge >= 0.3 is 0 Å². The average Bonchev–Trinajstić information content (AvgIpc) is 3.21. The summed E-state index contributed by atoms with van der Waals surface area (Å²) >= 11 is 1.82. The van der Waals surface area contributed by atoms with Crippen LogP contribution in [0.15, 0.2) is 38.8 Å². The first-order chi connectivity index (χ1) is 10.8. The Bertz CT molecular complexity index is 791. The number of hydrogen-bond acceptors (Lipinski definition) is 5. The Morgan fingerprint density at radius 3 is 3.14 bits per heavy atom. The fraction of sp³-hybridized carbons (Fsp3) is 0.353. The van der Waals surface area contributed by atoms with Crippen LogP contribution < -0.4 is 4.74 Å². The smallest absolute Gasteiger partial charge is 0.168 e. The molecule has 0 N–H and O–H groups in total. The number of aliphatic imine (C=N–C) groups is 1. The molecule has 2 aliphatic heterocycles. The van der Waals surface area contributed by atoms with Gasteiger partial charge in [-0.1, -0.05) is 25.1 Å². The van der Waals surface area contributed by atoms with Crippen LogP contribution >= 0.6 is 11.8 Å². The number of benzene rings is 1. The monoisotopic (exact) mass is 314 g/mol. The summed E-state index contributed by atoms with van der Waals surface area (Å²) < 4.78 is 11.1. The van der Waals surface area contributed by atoms with Crippen LogP contribution in [0.3, 0.4) is 0 Å². The highest BCUT2D eigenvalue weighted by molar-refractivity contribution is 8.17. The minimum absolute atomic E-state index is 0.829. The van der Waals surface area contributed by atoms with E-state index in [1.54, 1.807) is 13.4 Å². The Morgan fingerprint density at radius 1 is 1.41 bits per heavy atom. The van der Waals surface area contributed by atoms with Crippen LogP contribution in [0.4, 0.5) is 0 Å². The third kappa shape index (κ3) is 2.03. The fourth-order valence-corrected chi connectivity index (χ4v) is 4.37. The summed E-state index contributed by atoms with van der Waals surface area (Å²) in [6.45, 7) is 4.06. The number of rotatable bonds is 4. The van der Waals surface area contributed by atoms with Crippen molar-refractivity contribution in [3.05, 3.63) is 34.9 Å². The average molecular weight is 314 g/mol. The van der Waals surface area contributed by atoms with Gasteiger partial charge < -0.3 is 14.1 Å². The molecule has 0 bridgehead atoms. The summed E-state index contributed by atoms with van der Waals surface area (Å²) in [7, 11) is 1.70. The Kier molecular flexibility index (Phi) is 3.37. The molecule has 0 saturated carbocycles. The van der Waals surface area contributed by atoms with Crippen molar-refractivity contribution in [2.75, 3.05) is 20.2 Å². The summed E-state index contributed by atoms with van der Waals surface area (Å²) in [5, 5.41) is 2.27. The van der Waals surface area contributed by atoms with Crippen LogP contribution in [0.5, 0.6) is 5.75 Å². The molecule has 2 aromatic rings. The van der Waals surface area contributed by atoms with Gasteiger partial charge in [-0.2, -0.15) is 0 Å². The Balaban J connectivity index is 1.93. The molecule has 0 radical (unpaired) electrons.